The number of rotatable bonds is 1. The summed E-state index contributed by atoms with van der Waals surface area (Å²) >= 11 is 0. The first-order chi connectivity index (χ1) is 6.70. The molecule has 14 heavy (non-hydrogen) atoms. The van der Waals surface area contributed by atoms with Gasteiger partial charge in [-0.25, -0.2) is 4.98 Å². The average molecular weight is 192 g/mol. The van der Waals surface area contributed by atoms with Gasteiger partial charge in [-0.05, 0) is 33.6 Å². The van der Waals surface area contributed by atoms with E-state index in [4.69, 9.17) is 0 Å². The van der Waals surface area contributed by atoms with Gasteiger partial charge in [0.25, 0.3) is 0 Å². The predicted octanol–water partition coefficient (Wildman–Crippen LogP) is 3.31. The minimum Gasteiger partial charge on any atom is -0.329 e. The maximum absolute atomic E-state index is 4.55. The van der Waals surface area contributed by atoms with Crippen LogP contribution in [-0.4, -0.2) is 9.55 Å². The summed E-state index contributed by atoms with van der Waals surface area (Å²) in [6.45, 7) is 6.44. The summed E-state index contributed by atoms with van der Waals surface area (Å²) in [6.07, 6.45) is 6.89. The average Bonchev–Trinajstić information content (AvgIpc) is 2.43. The molecule has 0 aliphatic heterocycles. The Morgan fingerprint density at radius 1 is 1.07 bits per heavy atom. The predicted molar refractivity (Wildman–Crippen MR) is 58.6 cm³/mol. The molecule has 0 unspecified atom stereocenters. The van der Waals surface area contributed by atoms with Gasteiger partial charge in [-0.2, -0.15) is 0 Å². The third-order valence-corrected chi connectivity index (χ3v) is 3.50. The minimum absolute atomic E-state index is 0.727. The van der Waals surface area contributed by atoms with Crippen molar-refractivity contribution in [1.82, 2.24) is 9.55 Å². The second-order valence-electron chi connectivity index (χ2n) is 4.49. The van der Waals surface area contributed by atoms with Crippen LogP contribution in [0.25, 0.3) is 0 Å². The second-order valence-corrected chi connectivity index (χ2v) is 4.49. The number of aryl methyl sites for hydroxylation is 2. The van der Waals surface area contributed by atoms with Crippen molar-refractivity contribution in [2.45, 2.75) is 58.9 Å². The highest BCUT2D eigenvalue weighted by molar-refractivity contribution is 5.14. The standard InChI is InChI=1S/C12H20N2/c1-9-10(2)14(11(3)13-9)12-7-5-4-6-8-12/h12H,4-8H2,1-3H3. The van der Waals surface area contributed by atoms with Crippen LogP contribution in [0.3, 0.4) is 0 Å². The van der Waals surface area contributed by atoms with Crippen molar-refractivity contribution >= 4 is 0 Å². The fraction of sp³-hybridized carbons (Fsp3) is 0.750. The first kappa shape index (κ1) is 9.75. The quantitative estimate of drug-likeness (QED) is 0.667. The van der Waals surface area contributed by atoms with Gasteiger partial charge in [-0.15, -0.1) is 0 Å². The lowest BCUT2D eigenvalue weighted by molar-refractivity contribution is 0.344. The number of imidazole rings is 1. The molecule has 1 heterocycles. The van der Waals surface area contributed by atoms with Crippen molar-refractivity contribution in [3.05, 3.63) is 17.2 Å². The smallest absolute Gasteiger partial charge is 0.106 e. The Balaban J connectivity index is 2.29. The highest BCUT2D eigenvalue weighted by Gasteiger charge is 2.19. The third kappa shape index (κ3) is 1.58. The molecule has 0 bridgehead atoms. The van der Waals surface area contributed by atoms with E-state index in [1.54, 1.807) is 0 Å². The molecule has 2 rings (SSSR count). The normalized spacial score (nSPS) is 18.8. The largest absolute Gasteiger partial charge is 0.329 e. The number of aromatic nitrogens is 2. The van der Waals surface area contributed by atoms with Crippen LogP contribution >= 0.6 is 0 Å². The van der Waals surface area contributed by atoms with Gasteiger partial charge in [0.1, 0.15) is 5.82 Å². The molecule has 78 valence electrons. The highest BCUT2D eigenvalue weighted by atomic mass is 15.1. The summed E-state index contributed by atoms with van der Waals surface area (Å²) in [4.78, 5) is 4.55. The Morgan fingerprint density at radius 2 is 1.71 bits per heavy atom. The summed E-state index contributed by atoms with van der Waals surface area (Å²) < 4.78 is 2.45. The van der Waals surface area contributed by atoms with Crippen LogP contribution < -0.4 is 0 Å². The Labute approximate surface area is 86.3 Å². The van der Waals surface area contributed by atoms with Crippen LogP contribution in [0, 0.1) is 20.8 Å². The van der Waals surface area contributed by atoms with Crippen molar-refractivity contribution < 1.29 is 0 Å². The van der Waals surface area contributed by atoms with Crippen molar-refractivity contribution in [3.63, 3.8) is 0 Å². The molecule has 1 aliphatic carbocycles. The Bertz CT molecular complexity index is 319. The molecule has 1 saturated carbocycles. The van der Waals surface area contributed by atoms with Gasteiger partial charge in [0.05, 0.1) is 5.69 Å². The van der Waals surface area contributed by atoms with Gasteiger partial charge in [-0.3, -0.25) is 0 Å². The van der Waals surface area contributed by atoms with Crippen LogP contribution in [0.4, 0.5) is 0 Å². The molecule has 0 aromatic carbocycles. The van der Waals surface area contributed by atoms with Crippen LogP contribution in [-0.2, 0) is 0 Å². The molecule has 1 fully saturated rings. The van der Waals surface area contributed by atoms with Gasteiger partial charge in [0, 0.05) is 11.7 Å². The van der Waals surface area contributed by atoms with Gasteiger partial charge < -0.3 is 4.57 Å². The van der Waals surface area contributed by atoms with Crippen LogP contribution in [0.5, 0.6) is 0 Å². The van der Waals surface area contributed by atoms with E-state index in [-0.39, 0.29) is 0 Å². The molecule has 2 nitrogen and oxygen atoms in total. The first-order valence-corrected chi connectivity index (χ1v) is 5.72. The van der Waals surface area contributed by atoms with Crippen molar-refractivity contribution in [2.24, 2.45) is 0 Å². The molecule has 2 heteroatoms. The lowest BCUT2D eigenvalue weighted by atomic mass is 9.95. The Kier molecular flexibility index (Phi) is 2.62. The summed E-state index contributed by atoms with van der Waals surface area (Å²) in [7, 11) is 0. The fourth-order valence-electron chi connectivity index (χ4n) is 2.67. The molecule has 0 amide bonds. The molecule has 1 aliphatic rings. The maximum Gasteiger partial charge on any atom is 0.106 e. The van der Waals surface area contributed by atoms with E-state index in [0.717, 1.165) is 6.04 Å². The zero-order chi connectivity index (χ0) is 10.1. The van der Waals surface area contributed by atoms with Gasteiger partial charge in [0.15, 0.2) is 0 Å². The molecule has 0 spiro atoms. The monoisotopic (exact) mass is 192 g/mol. The first-order valence-electron chi connectivity index (χ1n) is 5.72. The van der Waals surface area contributed by atoms with E-state index in [1.807, 2.05) is 0 Å². The molecule has 0 atom stereocenters. The summed E-state index contributed by atoms with van der Waals surface area (Å²) in [5.74, 6) is 1.20. The van der Waals surface area contributed by atoms with E-state index >= 15 is 0 Å². The topological polar surface area (TPSA) is 17.8 Å². The molecular formula is C12H20N2. The number of hydrogen-bond acceptors (Lipinski definition) is 1. The van der Waals surface area contributed by atoms with Crippen molar-refractivity contribution in [3.8, 4) is 0 Å². The maximum atomic E-state index is 4.55. The summed E-state index contributed by atoms with van der Waals surface area (Å²) in [5.41, 5.74) is 2.57. The van der Waals surface area contributed by atoms with Gasteiger partial charge in [0.2, 0.25) is 0 Å². The van der Waals surface area contributed by atoms with E-state index < -0.39 is 0 Å². The highest BCUT2D eigenvalue weighted by Crippen LogP contribution is 2.30. The molecule has 0 radical (unpaired) electrons. The van der Waals surface area contributed by atoms with Crippen LogP contribution in [0.2, 0.25) is 0 Å². The van der Waals surface area contributed by atoms with Crippen molar-refractivity contribution in [1.29, 1.82) is 0 Å². The van der Waals surface area contributed by atoms with Gasteiger partial charge in [-0.1, -0.05) is 19.3 Å². The van der Waals surface area contributed by atoms with Crippen LogP contribution in [0.1, 0.15) is 55.4 Å². The lowest BCUT2D eigenvalue weighted by Crippen LogP contribution is -2.15. The number of hydrogen-bond donors (Lipinski definition) is 0. The van der Waals surface area contributed by atoms with E-state index in [1.165, 1.54) is 49.3 Å². The Morgan fingerprint density at radius 3 is 2.21 bits per heavy atom. The third-order valence-electron chi connectivity index (χ3n) is 3.50. The second kappa shape index (κ2) is 3.76. The minimum atomic E-state index is 0.727. The van der Waals surface area contributed by atoms with E-state index in [2.05, 4.69) is 30.3 Å². The molecule has 1 aromatic rings. The fourth-order valence-corrected chi connectivity index (χ4v) is 2.67. The van der Waals surface area contributed by atoms with Gasteiger partial charge >= 0.3 is 0 Å². The Hall–Kier alpha value is -0.790. The lowest BCUT2D eigenvalue weighted by Gasteiger charge is -2.25. The molecule has 0 N–H and O–H groups in total. The van der Waals surface area contributed by atoms with Crippen molar-refractivity contribution in [2.75, 3.05) is 0 Å². The molecular weight excluding hydrogens is 172 g/mol. The number of nitrogens with zero attached hydrogens (tertiary/aromatic N) is 2. The summed E-state index contributed by atoms with van der Waals surface area (Å²) in [5, 5.41) is 0. The SMILES string of the molecule is Cc1nc(C)n(C2CCCCC2)c1C. The van der Waals surface area contributed by atoms with E-state index in [0.29, 0.717) is 0 Å². The zero-order valence-electron chi connectivity index (χ0n) is 9.51. The van der Waals surface area contributed by atoms with E-state index in [9.17, 15) is 0 Å². The molecule has 0 saturated heterocycles. The van der Waals surface area contributed by atoms with Crippen LogP contribution in [0.15, 0.2) is 0 Å². The summed E-state index contributed by atoms with van der Waals surface area (Å²) in [6, 6.07) is 0.727. The zero-order valence-corrected chi connectivity index (χ0v) is 9.51. The molecule has 1 aromatic heterocycles.